The summed E-state index contributed by atoms with van der Waals surface area (Å²) in [4.78, 5) is 0. The predicted octanol–water partition coefficient (Wildman–Crippen LogP) is 3.65. The van der Waals surface area contributed by atoms with Crippen molar-refractivity contribution < 1.29 is 4.74 Å². The summed E-state index contributed by atoms with van der Waals surface area (Å²) in [5, 5.41) is 7.87. The molecule has 0 amide bonds. The number of benzene rings is 1. The molecule has 3 heteroatoms. The Morgan fingerprint density at radius 1 is 1.28 bits per heavy atom. The number of ether oxygens (including phenoxy) is 1. The Bertz CT molecular complexity index is 467. The molecule has 0 aliphatic rings. The van der Waals surface area contributed by atoms with Crippen molar-refractivity contribution >= 4 is 11.3 Å². The van der Waals surface area contributed by atoms with E-state index in [0.29, 0.717) is 6.04 Å². The van der Waals surface area contributed by atoms with E-state index < -0.39 is 0 Å². The Hall–Kier alpha value is -1.32. The minimum absolute atomic E-state index is 0.306. The van der Waals surface area contributed by atoms with E-state index in [1.54, 1.807) is 18.4 Å². The fraction of sp³-hybridized carbons (Fsp3) is 0.333. The van der Waals surface area contributed by atoms with Gasteiger partial charge in [-0.3, -0.25) is 0 Å². The molecular weight excluding hydrogens is 242 g/mol. The topological polar surface area (TPSA) is 21.3 Å². The highest BCUT2D eigenvalue weighted by Gasteiger charge is 2.15. The molecule has 1 N–H and O–H groups in total. The molecule has 2 rings (SSSR count). The van der Waals surface area contributed by atoms with E-state index in [0.717, 1.165) is 18.7 Å². The highest BCUT2D eigenvalue weighted by atomic mass is 32.1. The summed E-state index contributed by atoms with van der Waals surface area (Å²) >= 11 is 1.75. The van der Waals surface area contributed by atoms with Crippen molar-refractivity contribution in [3.05, 3.63) is 52.2 Å². The Morgan fingerprint density at radius 2 is 2.11 bits per heavy atom. The lowest BCUT2D eigenvalue weighted by Crippen LogP contribution is -2.23. The Kier molecular flexibility index (Phi) is 4.79. The molecule has 0 saturated carbocycles. The van der Waals surface area contributed by atoms with Gasteiger partial charge < -0.3 is 10.1 Å². The number of hydrogen-bond acceptors (Lipinski definition) is 3. The molecule has 0 aliphatic carbocycles. The molecule has 0 spiro atoms. The summed E-state index contributed by atoms with van der Waals surface area (Å²) in [5.41, 5.74) is 2.60. The van der Waals surface area contributed by atoms with Crippen molar-refractivity contribution in [3.8, 4) is 5.75 Å². The zero-order chi connectivity index (χ0) is 12.8. The SMILES string of the molecule is CCNC(Cc1ccsc1)c1ccccc1OC. The van der Waals surface area contributed by atoms with Crippen LogP contribution in [-0.4, -0.2) is 13.7 Å². The maximum Gasteiger partial charge on any atom is 0.123 e. The summed E-state index contributed by atoms with van der Waals surface area (Å²) in [5.74, 6) is 0.957. The second-order valence-electron chi connectivity index (χ2n) is 4.19. The van der Waals surface area contributed by atoms with Gasteiger partial charge in [-0.2, -0.15) is 11.3 Å². The number of para-hydroxylation sites is 1. The number of nitrogens with one attached hydrogen (secondary N) is 1. The van der Waals surface area contributed by atoms with E-state index in [-0.39, 0.29) is 0 Å². The summed E-state index contributed by atoms with van der Waals surface area (Å²) in [6, 6.07) is 10.7. The van der Waals surface area contributed by atoms with Crippen molar-refractivity contribution in [1.29, 1.82) is 0 Å². The van der Waals surface area contributed by atoms with Crippen LogP contribution in [0.4, 0.5) is 0 Å². The molecule has 96 valence electrons. The molecule has 1 heterocycles. The zero-order valence-electron chi connectivity index (χ0n) is 10.8. The number of likely N-dealkylation sites (N-methyl/N-ethyl adjacent to an activating group) is 1. The highest BCUT2D eigenvalue weighted by molar-refractivity contribution is 7.07. The quantitative estimate of drug-likeness (QED) is 0.857. The zero-order valence-corrected chi connectivity index (χ0v) is 11.7. The van der Waals surface area contributed by atoms with E-state index in [9.17, 15) is 0 Å². The average molecular weight is 261 g/mol. The van der Waals surface area contributed by atoms with Crippen LogP contribution in [0, 0.1) is 0 Å². The lowest BCUT2D eigenvalue weighted by Gasteiger charge is -2.20. The third kappa shape index (κ3) is 3.12. The van der Waals surface area contributed by atoms with Gasteiger partial charge in [-0.1, -0.05) is 25.1 Å². The van der Waals surface area contributed by atoms with Crippen LogP contribution < -0.4 is 10.1 Å². The smallest absolute Gasteiger partial charge is 0.123 e. The Morgan fingerprint density at radius 3 is 2.78 bits per heavy atom. The standard InChI is InChI=1S/C15H19NOS/c1-3-16-14(10-12-8-9-18-11-12)13-6-4-5-7-15(13)17-2/h4-9,11,14,16H,3,10H2,1-2H3. The van der Waals surface area contributed by atoms with Crippen LogP contribution in [-0.2, 0) is 6.42 Å². The molecule has 0 aliphatic heterocycles. The third-order valence-corrected chi connectivity index (χ3v) is 3.72. The van der Waals surface area contributed by atoms with E-state index >= 15 is 0 Å². The van der Waals surface area contributed by atoms with Crippen molar-refractivity contribution in [3.63, 3.8) is 0 Å². The molecule has 0 radical (unpaired) electrons. The first kappa shape index (κ1) is 13.1. The number of methoxy groups -OCH3 is 1. The maximum atomic E-state index is 5.45. The molecule has 0 bridgehead atoms. The minimum Gasteiger partial charge on any atom is -0.496 e. The fourth-order valence-electron chi connectivity index (χ4n) is 2.14. The van der Waals surface area contributed by atoms with Gasteiger partial charge in [0.05, 0.1) is 7.11 Å². The van der Waals surface area contributed by atoms with Gasteiger partial charge in [0, 0.05) is 11.6 Å². The third-order valence-electron chi connectivity index (χ3n) is 2.98. The van der Waals surface area contributed by atoms with Gasteiger partial charge in [0.15, 0.2) is 0 Å². The van der Waals surface area contributed by atoms with Gasteiger partial charge in [0.25, 0.3) is 0 Å². The molecule has 1 aromatic carbocycles. The van der Waals surface area contributed by atoms with Crippen LogP contribution >= 0.6 is 11.3 Å². The Balaban J connectivity index is 2.23. The van der Waals surface area contributed by atoms with Crippen LogP contribution in [0.3, 0.4) is 0 Å². The molecule has 1 aromatic heterocycles. The van der Waals surface area contributed by atoms with Crippen LogP contribution in [0.25, 0.3) is 0 Å². The van der Waals surface area contributed by atoms with Gasteiger partial charge in [-0.05, 0) is 41.4 Å². The summed E-state index contributed by atoms with van der Waals surface area (Å²) < 4.78 is 5.45. The predicted molar refractivity (Wildman–Crippen MR) is 77.4 cm³/mol. The van der Waals surface area contributed by atoms with Crippen LogP contribution in [0.5, 0.6) is 5.75 Å². The molecule has 1 unspecified atom stereocenters. The second kappa shape index (κ2) is 6.57. The molecule has 2 nitrogen and oxygen atoms in total. The number of rotatable bonds is 6. The summed E-state index contributed by atoms with van der Waals surface area (Å²) in [6.45, 7) is 3.09. The first-order chi connectivity index (χ1) is 8.85. The first-order valence-electron chi connectivity index (χ1n) is 6.22. The maximum absolute atomic E-state index is 5.45. The molecule has 1 atom stereocenters. The van der Waals surface area contributed by atoms with Crippen molar-refractivity contribution in [2.24, 2.45) is 0 Å². The van der Waals surface area contributed by atoms with E-state index in [1.807, 2.05) is 12.1 Å². The van der Waals surface area contributed by atoms with Crippen LogP contribution in [0.1, 0.15) is 24.1 Å². The molecular formula is C15H19NOS. The number of hydrogen-bond donors (Lipinski definition) is 1. The summed E-state index contributed by atoms with van der Waals surface area (Å²) in [7, 11) is 1.73. The van der Waals surface area contributed by atoms with Crippen molar-refractivity contribution in [1.82, 2.24) is 5.32 Å². The van der Waals surface area contributed by atoms with Gasteiger partial charge in [-0.25, -0.2) is 0 Å². The summed E-state index contributed by atoms with van der Waals surface area (Å²) in [6.07, 6.45) is 0.998. The van der Waals surface area contributed by atoms with Gasteiger partial charge in [0.2, 0.25) is 0 Å². The van der Waals surface area contributed by atoms with Crippen LogP contribution in [0.2, 0.25) is 0 Å². The van der Waals surface area contributed by atoms with Gasteiger partial charge >= 0.3 is 0 Å². The molecule has 0 saturated heterocycles. The van der Waals surface area contributed by atoms with Crippen LogP contribution in [0.15, 0.2) is 41.1 Å². The second-order valence-corrected chi connectivity index (χ2v) is 4.97. The Labute approximate surface area is 113 Å². The number of thiophene rings is 1. The van der Waals surface area contributed by atoms with Crippen molar-refractivity contribution in [2.75, 3.05) is 13.7 Å². The minimum atomic E-state index is 0.306. The van der Waals surface area contributed by atoms with E-state index in [2.05, 4.69) is 41.2 Å². The van der Waals surface area contributed by atoms with Gasteiger partial charge in [-0.15, -0.1) is 0 Å². The lowest BCUT2D eigenvalue weighted by atomic mass is 9.99. The van der Waals surface area contributed by atoms with Crippen molar-refractivity contribution in [2.45, 2.75) is 19.4 Å². The highest BCUT2D eigenvalue weighted by Crippen LogP contribution is 2.27. The van der Waals surface area contributed by atoms with E-state index in [4.69, 9.17) is 4.74 Å². The normalized spacial score (nSPS) is 12.3. The lowest BCUT2D eigenvalue weighted by molar-refractivity contribution is 0.399. The molecule has 2 aromatic rings. The molecule has 18 heavy (non-hydrogen) atoms. The largest absolute Gasteiger partial charge is 0.496 e. The monoisotopic (exact) mass is 261 g/mol. The fourth-order valence-corrected chi connectivity index (χ4v) is 2.82. The van der Waals surface area contributed by atoms with Gasteiger partial charge in [0.1, 0.15) is 5.75 Å². The first-order valence-corrected chi connectivity index (χ1v) is 7.16. The average Bonchev–Trinajstić information content (AvgIpc) is 2.91. The molecule has 0 fully saturated rings. The van der Waals surface area contributed by atoms with E-state index in [1.165, 1.54) is 11.1 Å².